The van der Waals surface area contributed by atoms with Crippen molar-refractivity contribution in [1.29, 1.82) is 0 Å². The molecule has 0 atom stereocenters. The molecule has 12 nitrogen and oxygen atoms in total. The van der Waals surface area contributed by atoms with Gasteiger partial charge in [-0.3, -0.25) is 0 Å². The second-order valence-corrected chi connectivity index (χ2v) is 9.57. The zero-order chi connectivity index (χ0) is 34.4. The minimum atomic E-state index is -5.21. The molecule has 7 N–H and O–H groups in total. The number of hydrogen-bond acceptors (Lipinski definition) is 4. The van der Waals surface area contributed by atoms with Crippen LogP contribution in [0.2, 0.25) is 0 Å². The Bertz CT molecular complexity index is 1750. The van der Waals surface area contributed by atoms with Crippen molar-refractivity contribution in [2.24, 2.45) is 5.73 Å². The van der Waals surface area contributed by atoms with Crippen LogP contribution in [0.1, 0.15) is 16.7 Å². The summed E-state index contributed by atoms with van der Waals surface area (Å²) in [5.41, 5.74) is 7.44. The molecule has 0 fully saturated rings. The Hall–Kier alpha value is -6.20. The van der Waals surface area contributed by atoms with Gasteiger partial charge < -0.3 is 16.4 Å². The van der Waals surface area contributed by atoms with E-state index in [1.165, 1.54) is 12.1 Å². The zero-order valence-electron chi connectivity index (χ0n) is 23.7. The molecule has 246 valence electrons. The minimum Gasteiger partial charge on any atom is -0.350 e. The molecule has 0 aliphatic rings. The number of fused-ring (bicyclic) bond motifs is 1. The summed E-state index contributed by atoms with van der Waals surface area (Å²) in [5.74, 6) is 0. The first-order valence-electron chi connectivity index (χ1n) is 13.3. The fourth-order valence-corrected chi connectivity index (χ4v) is 4.16. The molecular formula is C29H24F6N8O4. The standard InChI is InChI=1S/C29H24F6N8O4/c30-28(31,32)19-13-20(29(33,34)35)15-21(14-19)38-26(46)41-43(40-25(45)37-16-17-7-2-1-3-8-17)27(47)42(39-24(36)44)23-12-6-10-18-9-4-5-11-22(18)23/h1-15H,16H2,(H3,36,39,44)(H2,37,40,45)(H2,38,41,46). The van der Waals surface area contributed by atoms with Crippen LogP contribution in [0, 0.1) is 0 Å². The summed E-state index contributed by atoms with van der Waals surface area (Å²) in [6.45, 7) is -0.0715. The van der Waals surface area contributed by atoms with Gasteiger partial charge in [-0.2, -0.15) is 31.4 Å². The number of anilines is 2. The number of carbonyl (C=O) groups excluding carboxylic acids is 4. The quantitative estimate of drug-likeness (QED) is 0.120. The number of hydrazine groups is 3. The molecular weight excluding hydrogens is 638 g/mol. The van der Waals surface area contributed by atoms with E-state index in [1.807, 2.05) is 10.9 Å². The summed E-state index contributed by atoms with van der Waals surface area (Å²) in [5, 5.41) is 5.85. The van der Waals surface area contributed by atoms with Crippen LogP contribution >= 0.6 is 0 Å². The van der Waals surface area contributed by atoms with Gasteiger partial charge in [-0.1, -0.05) is 66.7 Å². The summed E-state index contributed by atoms with van der Waals surface area (Å²) in [7, 11) is 0. The Morgan fingerprint density at radius 2 is 1.26 bits per heavy atom. The topological polar surface area (TPSA) is 161 Å². The van der Waals surface area contributed by atoms with Crippen molar-refractivity contribution in [2.75, 3.05) is 10.3 Å². The van der Waals surface area contributed by atoms with E-state index in [-0.39, 0.29) is 35.5 Å². The molecule has 0 aliphatic carbocycles. The van der Waals surface area contributed by atoms with E-state index in [2.05, 4.69) is 10.7 Å². The van der Waals surface area contributed by atoms with E-state index in [9.17, 15) is 45.5 Å². The first-order valence-corrected chi connectivity index (χ1v) is 13.3. The fourth-order valence-electron chi connectivity index (χ4n) is 4.16. The number of alkyl halides is 6. The number of nitrogens with zero attached hydrogens (tertiary/aromatic N) is 2. The van der Waals surface area contributed by atoms with Gasteiger partial charge in [0.05, 0.1) is 16.8 Å². The van der Waals surface area contributed by atoms with E-state index in [0.29, 0.717) is 21.3 Å². The van der Waals surface area contributed by atoms with Crippen LogP contribution < -0.4 is 37.7 Å². The first kappa shape index (κ1) is 33.7. The lowest BCUT2D eigenvalue weighted by Gasteiger charge is -2.30. The number of amides is 8. The molecule has 0 saturated heterocycles. The Labute approximate surface area is 261 Å². The Morgan fingerprint density at radius 3 is 1.87 bits per heavy atom. The minimum absolute atomic E-state index is 0.00157. The monoisotopic (exact) mass is 662 g/mol. The molecule has 0 heterocycles. The predicted octanol–water partition coefficient (Wildman–Crippen LogP) is 5.84. The van der Waals surface area contributed by atoms with Gasteiger partial charge in [0.1, 0.15) is 0 Å². The van der Waals surface area contributed by atoms with Gasteiger partial charge >= 0.3 is 36.5 Å². The van der Waals surface area contributed by atoms with Crippen LogP contribution in [-0.4, -0.2) is 29.2 Å². The van der Waals surface area contributed by atoms with E-state index in [1.54, 1.807) is 66.0 Å². The summed E-state index contributed by atoms with van der Waals surface area (Å²) in [6.07, 6.45) is -10.4. The number of primary amides is 1. The summed E-state index contributed by atoms with van der Waals surface area (Å²) >= 11 is 0. The second kappa shape index (κ2) is 13.8. The van der Waals surface area contributed by atoms with Crippen LogP contribution in [0.5, 0.6) is 0 Å². The van der Waals surface area contributed by atoms with Crippen molar-refractivity contribution < 1.29 is 45.5 Å². The molecule has 0 unspecified atom stereocenters. The highest BCUT2D eigenvalue weighted by atomic mass is 19.4. The fraction of sp³-hybridized carbons (Fsp3) is 0.103. The largest absolute Gasteiger partial charge is 0.416 e. The first-order chi connectivity index (χ1) is 22.1. The predicted molar refractivity (Wildman–Crippen MR) is 157 cm³/mol. The van der Waals surface area contributed by atoms with Crippen molar-refractivity contribution in [3.63, 3.8) is 0 Å². The maximum absolute atomic E-state index is 13.8. The second-order valence-electron chi connectivity index (χ2n) is 9.57. The number of halogens is 6. The van der Waals surface area contributed by atoms with E-state index in [4.69, 9.17) is 5.73 Å². The Kier molecular flexibility index (Phi) is 9.92. The highest BCUT2D eigenvalue weighted by Gasteiger charge is 2.37. The molecule has 8 amide bonds. The lowest BCUT2D eigenvalue weighted by molar-refractivity contribution is -0.143. The number of benzene rings is 4. The molecule has 0 bridgehead atoms. The van der Waals surface area contributed by atoms with E-state index < -0.39 is 53.3 Å². The average Bonchev–Trinajstić information content (AvgIpc) is 3.01. The number of nitrogens with two attached hydrogens (primary N) is 1. The SMILES string of the molecule is NC(=O)NN(C(=O)N(NC(=O)NCc1ccccc1)NC(=O)Nc1cc(C(F)(F)F)cc(C(F)(F)F)c1)c1cccc2ccccc12. The molecule has 4 aromatic carbocycles. The van der Waals surface area contributed by atoms with E-state index in [0.717, 1.165) is 0 Å². The summed E-state index contributed by atoms with van der Waals surface area (Å²) < 4.78 is 80.0. The van der Waals surface area contributed by atoms with E-state index >= 15 is 0 Å². The third-order valence-electron chi connectivity index (χ3n) is 6.18. The zero-order valence-corrected chi connectivity index (χ0v) is 23.7. The molecule has 0 spiro atoms. The maximum Gasteiger partial charge on any atom is 0.416 e. The average molecular weight is 663 g/mol. The smallest absolute Gasteiger partial charge is 0.350 e. The Balaban J connectivity index is 1.66. The molecule has 4 aromatic rings. The van der Waals surface area contributed by atoms with Gasteiger partial charge in [-0.15, -0.1) is 5.12 Å². The lowest BCUT2D eigenvalue weighted by Crippen LogP contribution is -2.65. The maximum atomic E-state index is 13.8. The van der Waals surface area contributed by atoms with Gasteiger partial charge in [0, 0.05) is 17.6 Å². The van der Waals surface area contributed by atoms with Crippen LogP contribution in [-0.2, 0) is 18.9 Å². The van der Waals surface area contributed by atoms with Crippen molar-refractivity contribution in [1.82, 2.24) is 26.7 Å². The molecule has 4 rings (SSSR count). The summed E-state index contributed by atoms with van der Waals surface area (Å²) in [6, 6.07) is 14.6. The summed E-state index contributed by atoms with van der Waals surface area (Å²) in [4.78, 5) is 51.5. The van der Waals surface area contributed by atoms with Gasteiger partial charge in [0.2, 0.25) is 0 Å². The molecule has 0 radical (unpaired) electrons. The van der Waals surface area contributed by atoms with Gasteiger partial charge in [0.15, 0.2) is 0 Å². The normalized spacial score (nSPS) is 11.3. The number of urea groups is 4. The lowest BCUT2D eigenvalue weighted by atomic mass is 10.1. The van der Waals surface area contributed by atoms with Crippen LogP contribution in [0.3, 0.4) is 0 Å². The highest BCUT2D eigenvalue weighted by Crippen LogP contribution is 2.37. The number of hydrogen-bond donors (Lipinski definition) is 6. The third-order valence-corrected chi connectivity index (χ3v) is 6.18. The molecule has 47 heavy (non-hydrogen) atoms. The third kappa shape index (κ3) is 8.93. The van der Waals surface area contributed by atoms with Crippen molar-refractivity contribution in [2.45, 2.75) is 18.9 Å². The Morgan fingerprint density at radius 1 is 0.681 bits per heavy atom. The van der Waals surface area contributed by atoms with Gasteiger partial charge in [-0.05, 0) is 35.2 Å². The molecule has 0 saturated carbocycles. The van der Waals surface area contributed by atoms with Crippen LogP contribution in [0.15, 0.2) is 91.0 Å². The van der Waals surface area contributed by atoms with Crippen molar-refractivity contribution >= 4 is 46.3 Å². The molecule has 18 heteroatoms. The van der Waals surface area contributed by atoms with Crippen LogP contribution in [0.25, 0.3) is 10.8 Å². The molecule has 0 aliphatic heterocycles. The van der Waals surface area contributed by atoms with Crippen LogP contribution in [0.4, 0.5) is 56.9 Å². The van der Waals surface area contributed by atoms with Gasteiger partial charge in [0.25, 0.3) is 0 Å². The van der Waals surface area contributed by atoms with Gasteiger partial charge in [-0.25, -0.2) is 35.5 Å². The molecule has 0 aromatic heterocycles. The highest BCUT2D eigenvalue weighted by molar-refractivity contribution is 6.05. The van der Waals surface area contributed by atoms with Crippen molar-refractivity contribution in [3.8, 4) is 0 Å². The number of rotatable bonds is 4. The number of nitrogens with one attached hydrogen (secondary N) is 5. The number of carbonyl (C=O) groups is 4. The van der Waals surface area contributed by atoms with Crippen molar-refractivity contribution in [3.05, 3.63) is 108 Å².